The minimum absolute atomic E-state index is 0.228. The summed E-state index contributed by atoms with van der Waals surface area (Å²) in [5.74, 6) is -0.475. The fraction of sp³-hybridized carbons (Fsp3) is 0.312. The van der Waals surface area contributed by atoms with Gasteiger partial charge in [-0.25, -0.2) is 9.48 Å². The molecular formula is C16H16ClN3O3. The molecule has 1 N–H and O–H groups in total. The highest BCUT2D eigenvalue weighted by atomic mass is 35.5. The molecule has 23 heavy (non-hydrogen) atoms. The fourth-order valence-corrected chi connectivity index (χ4v) is 2.70. The SMILES string of the molecule is CC(C)OC(=O)c1cccc(-n2ncc3c2COCC3=N)c1Cl. The lowest BCUT2D eigenvalue weighted by molar-refractivity contribution is 0.0378. The van der Waals surface area contributed by atoms with Crippen molar-refractivity contribution in [2.45, 2.75) is 26.6 Å². The summed E-state index contributed by atoms with van der Waals surface area (Å²) in [6, 6.07) is 5.10. The zero-order chi connectivity index (χ0) is 16.6. The highest BCUT2D eigenvalue weighted by molar-refractivity contribution is 6.35. The number of aromatic nitrogens is 2. The normalized spacial score (nSPS) is 14.0. The molecule has 0 unspecified atom stereocenters. The minimum atomic E-state index is -0.475. The van der Waals surface area contributed by atoms with E-state index in [1.54, 1.807) is 42.9 Å². The van der Waals surface area contributed by atoms with Crippen LogP contribution in [-0.4, -0.2) is 34.2 Å². The Morgan fingerprint density at radius 3 is 2.96 bits per heavy atom. The van der Waals surface area contributed by atoms with Crippen LogP contribution in [-0.2, 0) is 16.1 Å². The van der Waals surface area contributed by atoms with Gasteiger partial charge in [0.05, 0.1) is 53.2 Å². The van der Waals surface area contributed by atoms with Crippen LogP contribution in [0.1, 0.15) is 35.5 Å². The fourth-order valence-electron chi connectivity index (χ4n) is 2.42. The molecule has 120 valence electrons. The first-order valence-corrected chi connectivity index (χ1v) is 7.59. The van der Waals surface area contributed by atoms with E-state index in [1.807, 2.05) is 0 Å². The molecule has 2 aromatic rings. The van der Waals surface area contributed by atoms with Crippen molar-refractivity contribution in [2.75, 3.05) is 6.61 Å². The van der Waals surface area contributed by atoms with Crippen LogP contribution in [0.15, 0.2) is 24.4 Å². The topological polar surface area (TPSA) is 77.2 Å². The zero-order valence-corrected chi connectivity index (χ0v) is 13.6. The van der Waals surface area contributed by atoms with Gasteiger partial charge in [-0.1, -0.05) is 17.7 Å². The van der Waals surface area contributed by atoms with Gasteiger partial charge in [0.15, 0.2) is 0 Å². The van der Waals surface area contributed by atoms with E-state index < -0.39 is 5.97 Å². The van der Waals surface area contributed by atoms with E-state index in [0.717, 1.165) is 11.3 Å². The number of nitrogens with one attached hydrogen (secondary N) is 1. The van der Waals surface area contributed by atoms with E-state index >= 15 is 0 Å². The van der Waals surface area contributed by atoms with Gasteiger partial charge in [0, 0.05) is 5.56 Å². The van der Waals surface area contributed by atoms with Gasteiger partial charge in [-0.3, -0.25) is 0 Å². The second-order valence-corrected chi connectivity index (χ2v) is 5.86. The number of hydrogen-bond donors (Lipinski definition) is 1. The van der Waals surface area contributed by atoms with Gasteiger partial charge in [0.2, 0.25) is 0 Å². The first-order valence-electron chi connectivity index (χ1n) is 7.21. The van der Waals surface area contributed by atoms with E-state index in [4.69, 9.17) is 26.5 Å². The van der Waals surface area contributed by atoms with Crippen molar-refractivity contribution in [3.05, 3.63) is 46.2 Å². The van der Waals surface area contributed by atoms with Crippen LogP contribution in [0.5, 0.6) is 0 Å². The van der Waals surface area contributed by atoms with Crippen LogP contribution >= 0.6 is 11.6 Å². The molecule has 0 fully saturated rings. The largest absolute Gasteiger partial charge is 0.459 e. The van der Waals surface area contributed by atoms with E-state index in [0.29, 0.717) is 18.0 Å². The predicted molar refractivity (Wildman–Crippen MR) is 85.6 cm³/mol. The van der Waals surface area contributed by atoms with Crippen LogP contribution in [0, 0.1) is 5.41 Å². The quantitative estimate of drug-likeness (QED) is 0.876. The summed E-state index contributed by atoms with van der Waals surface area (Å²) >= 11 is 6.40. The Balaban J connectivity index is 2.05. The minimum Gasteiger partial charge on any atom is -0.459 e. The predicted octanol–water partition coefficient (Wildman–Crippen LogP) is 2.99. The molecule has 0 radical (unpaired) electrons. The number of rotatable bonds is 3. The Labute approximate surface area is 138 Å². The Bertz CT molecular complexity index is 783. The number of fused-ring (bicyclic) bond motifs is 1. The summed E-state index contributed by atoms with van der Waals surface area (Å²) in [7, 11) is 0. The summed E-state index contributed by atoms with van der Waals surface area (Å²) in [5, 5.41) is 12.5. The molecule has 3 rings (SSSR count). The molecule has 2 heterocycles. The molecule has 0 bridgehead atoms. The molecule has 0 aliphatic carbocycles. The first-order chi connectivity index (χ1) is 11.0. The summed E-state index contributed by atoms with van der Waals surface area (Å²) in [4.78, 5) is 12.1. The third-order valence-corrected chi connectivity index (χ3v) is 3.85. The maximum atomic E-state index is 12.1. The molecule has 0 saturated carbocycles. The number of nitrogens with zero attached hydrogens (tertiary/aromatic N) is 2. The molecule has 0 spiro atoms. The van der Waals surface area contributed by atoms with Crippen molar-refractivity contribution < 1.29 is 14.3 Å². The lowest BCUT2D eigenvalue weighted by atomic mass is 10.1. The second kappa shape index (κ2) is 6.14. The summed E-state index contributed by atoms with van der Waals surface area (Å²) in [5.41, 5.74) is 2.71. The maximum absolute atomic E-state index is 12.1. The van der Waals surface area contributed by atoms with Gasteiger partial charge in [-0.05, 0) is 26.0 Å². The standard InChI is InChI=1S/C16H16ClN3O3/c1-9(2)23-16(21)10-4-3-5-13(15(10)17)20-14-8-22-7-12(18)11(14)6-19-20/h3-6,9,18H,7-8H2,1-2H3. The number of hydrogen-bond acceptors (Lipinski definition) is 5. The molecule has 6 nitrogen and oxygen atoms in total. The molecule has 1 aliphatic heterocycles. The van der Waals surface area contributed by atoms with Gasteiger partial charge in [0.1, 0.15) is 0 Å². The van der Waals surface area contributed by atoms with Crippen molar-refractivity contribution in [3.8, 4) is 5.69 Å². The number of carbonyl (C=O) groups is 1. The molecule has 0 saturated heterocycles. The van der Waals surface area contributed by atoms with Gasteiger partial charge in [0.25, 0.3) is 0 Å². The Hall–Kier alpha value is -2.18. The van der Waals surface area contributed by atoms with Crippen molar-refractivity contribution in [1.82, 2.24) is 9.78 Å². The molecule has 0 amide bonds. The number of benzene rings is 1. The molecule has 1 aliphatic rings. The van der Waals surface area contributed by atoms with Gasteiger partial charge in [-0.2, -0.15) is 5.10 Å². The average molecular weight is 334 g/mol. The van der Waals surface area contributed by atoms with E-state index in [-0.39, 0.29) is 23.3 Å². The zero-order valence-electron chi connectivity index (χ0n) is 12.8. The van der Waals surface area contributed by atoms with Crippen LogP contribution in [0.3, 0.4) is 0 Å². The smallest absolute Gasteiger partial charge is 0.339 e. The van der Waals surface area contributed by atoms with Gasteiger partial charge in [-0.15, -0.1) is 0 Å². The molecule has 1 aromatic carbocycles. The third-order valence-electron chi connectivity index (χ3n) is 3.45. The van der Waals surface area contributed by atoms with E-state index in [2.05, 4.69) is 5.10 Å². The van der Waals surface area contributed by atoms with Crippen molar-refractivity contribution in [2.24, 2.45) is 0 Å². The van der Waals surface area contributed by atoms with Crippen molar-refractivity contribution in [3.63, 3.8) is 0 Å². The summed E-state index contributed by atoms with van der Waals surface area (Å²) in [6.45, 7) is 4.17. The Morgan fingerprint density at radius 1 is 1.43 bits per heavy atom. The lowest BCUT2D eigenvalue weighted by Crippen LogP contribution is -2.19. The average Bonchev–Trinajstić information content (AvgIpc) is 2.92. The third kappa shape index (κ3) is 2.87. The van der Waals surface area contributed by atoms with Crippen LogP contribution in [0.4, 0.5) is 0 Å². The Kier molecular flexibility index (Phi) is 4.19. The van der Waals surface area contributed by atoms with Crippen LogP contribution in [0.25, 0.3) is 5.69 Å². The summed E-state index contributed by atoms with van der Waals surface area (Å²) in [6.07, 6.45) is 1.39. The summed E-state index contributed by atoms with van der Waals surface area (Å²) < 4.78 is 12.2. The molecular weight excluding hydrogens is 318 g/mol. The second-order valence-electron chi connectivity index (χ2n) is 5.48. The monoisotopic (exact) mass is 333 g/mol. The lowest BCUT2D eigenvalue weighted by Gasteiger charge is -2.17. The van der Waals surface area contributed by atoms with E-state index in [1.165, 1.54) is 0 Å². The number of carbonyl (C=O) groups excluding carboxylic acids is 1. The van der Waals surface area contributed by atoms with Gasteiger partial charge >= 0.3 is 5.97 Å². The van der Waals surface area contributed by atoms with Crippen molar-refractivity contribution >= 4 is 23.3 Å². The number of ether oxygens (including phenoxy) is 2. The van der Waals surface area contributed by atoms with Crippen LogP contribution < -0.4 is 0 Å². The van der Waals surface area contributed by atoms with Crippen LogP contribution in [0.2, 0.25) is 5.02 Å². The first kappa shape index (κ1) is 15.7. The maximum Gasteiger partial charge on any atom is 0.339 e. The van der Waals surface area contributed by atoms with Crippen molar-refractivity contribution in [1.29, 1.82) is 5.41 Å². The number of halogens is 1. The van der Waals surface area contributed by atoms with Gasteiger partial charge < -0.3 is 14.9 Å². The molecule has 7 heteroatoms. The van der Waals surface area contributed by atoms with E-state index in [9.17, 15) is 4.79 Å². The molecule has 1 aromatic heterocycles. The highest BCUT2D eigenvalue weighted by Gasteiger charge is 2.23. The highest BCUT2D eigenvalue weighted by Crippen LogP contribution is 2.28. The Morgan fingerprint density at radius 2 is 2.22 bits per heavy atom. The number of esters is 1. The molecule has 0 atom stereocenters.